The van der Waals surface area contributed by atoms with Gasteiger partial charge in [-0.3, -0.25) is 0 Å². The van der Waals surface area contributed by atoms with Crippen LogP contribution in [0.1, 0.15) is 10.6 Å². The minimum absolute atomic E-state index is 0. The van der Waals surface area contributed by atoms with Gasteiger partial charge in [-0.25, -0.2) is 4.79 Å². The van der Waals surface area contributed by atoms with Gasteiger partial charge < -0.3 is 9.63 Å². The van der Waals surface area contributed by atoms with E-state index in [2.05, 4.69) is 10.1 Å². The SMILES string of the molecule is O=C(O)c1noc(-c2ccccc2)n1.[Li]. The number of benzene rings is 1. The van der Waals surface area contributed by atoms with Crippen LogP contribution in [0.4, 0.5) is 0 Å². The molecule has 0 aliphatic heterocycles. The molecule has 2 aromatic rings. The summed E-state index contributed by atoms with van der Waals surface area (Å²) in [7, 11) is 0. The number of carboxylic acid groups (broad SMARTS) is 1. The molecule has 71 valence electrons. The molecule has 1 aromatic heterocycles. The van der Waals surface area contributed by atoms with Gasteiger partial charge in [0.25, 0.3) is 11.7 Å². The fourth-order valence-corrected chi connectivity index (χ4v) is 1.01. The average molecular weight is 197 g/mol. The largest absolute Gasteiger partial charge is 0.475 e. The van der Waals surface area contributed by atoms with Crippen LogP contribution in [-0.4, -0.2) is 40.1 Å². The maximum atomic E-state index is 10.5. The van der Waals surface area contributed by atoms with E-state index < -0.39 is 5.97 Å². The molecule has 0 saturated heterocycles. The summed E-state index contributed by atoms with van der Waals surface area (Å²) in [6, 6.07) is 8.98. The van der Waals surface area contributed by atoms with Gasteiger partial charge in [-0.1, -0.05) is 18.2 Å². The molecule has 0 bridgehead atoms. The maximum absolute atomic E-state index is 10.5. The van der Waals surface area contributed by atoms with Crippen molar-refractivity contribution in [1.29, 1.82) is 0 Å². The van der Waals surface area contributed by atoms with Crippen molar-refractivity contribution in [3.05, 3.63) is 36.2 Å². The topological polar surface area (TPSA) is 76.2 Å². The number of hydrogen-bond acceptors (Lipinski definition) is 4. The molecule has 6 heteroatoms. The number of aromatic carboxylic acids is 1. The molecule has 0 unspecified atom stereocenters. The van der Waals surface area contributed by atoms with Gasteiger partial charge >= 0.3 is 5.97 Å². The third kappa shape index (κ3) is 2.46. The van der Waals surface area contributed by atoms with Crippen molar-refractivity contribution < 1.29 is 14.4 Å². The molecule has 5 nitrogen and oxygen atoms in total. The molecule has 0 aliphatic carbocycles. The van der Waals surface area contributed by atoms with Crippen molar-refractivity contribution in [2.75, 3.05) is 0 Å². The van der Waals surface area contributed by atoms with Crippen LogP contribution in [0.25, 0.3) is 11.5 Å². The Balaban J connectivity index is 0.00000112. The van der Waals surface area contributed by atoms with Gasteiger partial charge in [0.15, 0.2) is 0 Å². The number of rotatable bonds is 2. The molecule has 0 spiro atoms. The van der Waals surface area contributed by atoms with E-state index in [0.717, 1.165) is 0 Å². The van der Waals surface area contributed by atoms with Crippen LogP contribution < -0.4 is 0 Å². The molecular formula is C9H6LiN2O3. The van der Waals surface area contributed by atoms with E-state index in [1.807, 2.05) is 6.07 Å². The molecule has 1 N–H and O–H groups in total. The summed E-state index contributed by atoms with van der Waals surface area (Å²) in [6.07, 6.45) is 0. The molecular weight excluding hydrogens is 191 g/mol. The molecule has 0 saturated carbocycles. The predicted molar refractivity (Wildman–Crippen MR) is 52.4 cm³/mol. The Labute approximate surface area is 97.3 Å². The molecule has 1 radical (unpaired) electrons. The second kappa shape index (κ2) is 4.78. The van der Waals surface area contributed by atoms with Gasteiger partial charge in [0, 0.05) is 24.4 Å². The third-order valence-corrected chi connectivity index (χ3v) is 1.64. The van der Waals surface area contributed by atoms with Crippen molar-refractivity contribution in [3.8, 4) is 11.5 Å². The number of aromatic nitrogens is 2. The Bertz CT molecular complexity index is 455. The summed E-state index contributed by atoms with van der Waals surface area (Å²) in [5.41, 5.74) is 0.701. The van der Waals surface area contributed by atoms with Crippen molar-refractivity contribution >= 4 is 24.8 Å². The van der Waals surface area contributed by atoms with Crippen LogP contribution in [-0.2, 0) is 0 Å². The van der Waals surface area contributed by atoms with E-state index in [4.69, 9.17) is 9.63 Å². The maximum Gasteiger partial charge on any atom is 0.377 e. The van der Waals surface area contributed by atoms with Crippen molar-refractivity contribution in [2.24, 2.45) is 0 Å². The third-order valence-electron chi connectivity index (χ3n) is 1.64. The quantitative estimate of drug-likeness (QED) is 0.728. The first-order chi connectivity index (χ1) is 6.77. The molecule has 1 aromatic carbocycles. The summed E-state index contributed by atoms with van der Waals surface area (Å²) >= 11 is 0. The van der Waals surface area contributed by atoms with Crippen LogP contribution in [0.3, 0.4) is 0 Å². The Morgan fingerprint density at radius 1 is 1.27 bits per heavy atom. The second-order valence-corrected chi connectivity index (χ2v) is 2.59. The summed E-state index contributed by atoms with van der Waals surface area (Å²) in [5.74, 6) is -1.32. The van der Waals surface area contributed by atoms with E-state index >= 15 is 0 Å². The fourth-order valence-electron chi connectivity index (χ4n) is 1.01. The number of hydrogen-bond donors (Lipinski definition) is 1. The molecule has 0 amide bonds. The summed E-state index contributed by atoms with van der Waals surface area (Å²) in [4.78, 5) is 14.2. The zero-order chi connectivity index (χ0) is 9.97. The van der Waals surface area contributed by atoms with Gasteiger partial charge in [0.2, 0.25) is 0 Å². The van der Waals surface area contributed by atoms with E-state index in [1.165, 1.54) is 0 Å². The molecule has 1 heterocycles. The van der Waals surface area contributed by atoms with E-state index in [0.29, 0.717) is 5.56 Å². The normalized spacial score (nSPS) is 9.33. The van der Waals surface area contributed by atoms with E-state index in [1.54, 1.807) is 24.3 Å². The van der Waals surface area contributed by atoms with Crippen molar-refractivity contribution in [2.45, 2.75) is 0 Å². The Morgan fingerprint density at radius 2 is 1.93 bits per heavy atom. The number of carboxylic acids is 1. The second-order valence-electron chi connectivity index (χ2n) is 2.59. The predicted octanol–water partition coefficient (Wildman–Crippen LogP) is 1.05. The van der Waals surface area contributed by atoms with Crippen LogP contribution in [0.15, 0.2) is 34.9 Å². The summed E-state index contributed by atoms with van der Waals surface area (Å²) in [5, 5.41) is 11.9. The van der Waals surface area contributed by atoms with Crippen LogP contribution in [0.5, 0.6) is 0 Å². The Hall–Kier alpha value is -1.57. The minimum Gasteiger partial charge on any atom is -0.475 e. The molecule has 2 rings (SSSR count). The van der Waals surface area contributed by atoms with E-state index in [9.17, 15) is 4.79 Å². The monoisotopic (exact) mass is 197 g/mol. The fraction of sp³-hybridized carbons (Fsp3) is 0. The zero-order valence-electron chi connectivity index (χ0n) is 8.04. The Kier molecular flexibility index (Phi) is 3.66. The summed E-state index contributed by atoms with van der Waals surface area (Å²) < 4.78 is 4.77. The van der Waals surface area contributed by atoms with Gasteiger partial charge in [-0.05, 0) is 17.3 Å². The van der Waals surface area contributed by atoms with Crippen LogP contribution in [0.2, 0.25) is 0 Å². The first-order valence-corrected chi connectivity index (χ1v) is 3.90. The minimum atomic E-state index is -1.20. The first-order valence-electron chi connectivity index (χ1n) is 3.90. The average Bonchev–Trinajstić information content (AvgIpc) is 2.68. The molecule has 15 heavy (non-hydrogen) atoms. The van der Waals surface area contributed by atoms with Crippen molar-refractivity contribution in [3.63, 3.8) is 0 Å². The first kappa shape index (κ1) is 11.5. The zero-order valence-corrected chi connectivity index (χ0v) is 8.04. The van der Waals surface area contributed by atoms with Gasteiger partial charge in [0.05, 0.1) is 0 Å². The number of carbonyl (C=O) groups is 1. The van der Waals surface area contributed by atoms with Gasteiger partial charge in [-0.15, -0.1) is 0 Å². The number of nitrogens with zero attached hydrogens (tertiary/aromatic N) is 2. The Morgan fingerprint density at radius 3 is 2.47 bits per heavy atom. The molecule has 0 aliphatic rings. The molecule has 0 atom stereocenters. The van der Waals surface area contributed by atoms with E-state index in [-0.39, 0.29) is 30.6 Å². The summed E-state index contributed by atoms with van der Waals surface area (Å²) in [6.45, 7) is 0. The van der Waals surface area contributed by atoms with Crippen molar-refractivity contribution in [1.82, 2.24) is 10.1 Å². The standard InChI is InChI=1S/C9H6N2O3.Li/c12-9(13)7-10-8(14-11-7)6-4-2-1-3-5-6;/h1-5H,(H,12,13);. The smallest absolute Gasteiger partial charge is 0.377 e. The molecule has 0 fully saturated rings. The van der Waals surface area contributed by atoms with Crippen LogP contribution >= 0.6 is 0 Å². The van der Waals surface area contributed by atoms with Gasteiger partial charge in [-0.2, -0.15) is 4.98 Å². The van der Waals surface area contributed by atoms with Crippen LogP contribution in [0, 0.1) is 0 Å². The van der Waals surface area contributed by atoms with Gasteiger partial charge in [0.1, 0.15) is 0 Å².